The molecule has 0 fully saturated rings. The predicted octanol–water partition coefficient (Wildman–Crippen LogP) is 2.42. The molecule has 0 aliphatic rings. The van der Waals surface area contributed by atoms with E-state index in [2.05, 4.69) is 0 Å². The minimum absolute atomic E-state index is 0.0477. The van der Waals surface area contributed by atoms with Crippen LogP contribution in [0.3, 0.4) is 0 Å². The molecule has 4 nitrogen and oxygen atoms in total. The summed E-state index contributed by atoms with van der Waals surface area (Å²) in [6, 6.07) is 3.04. The summed E-state index contributed by atoms with van der Waals surface area (Å²) in [5.41, 5.74) is 1.17. The van der Waals surface area contributed by atoms with Crippen LogP contribution in [-0.4, -0.2) is 19.6 Å². The number of aryl methyl sites for hydroxylation is 1. The van der Waals surface area contributed by atoms with Crippen molar-refractivity contribution in [2.45, 2.75) is 38.5 Å². The average molecular weight is 257 g/mol. The largest absolute Gasteiger partial charge is 0.744 e. The standard InChI is InChI=1S/C12H18O4S/c1-5-16-11-7-10(8(2)3)12(6-9(11)4)17(13,14)15/h6-8H,5H2,1-4H3,(H,13,14,15)/p-1. The van der Waals surface area contributed by atoms with Crippen LogP contribution in [0.5, 0.6) is 5.75 Å². The van der Waals surface area contributed by atoms with Crippen LogP contribution in [0.2, 0.25) is 0 Å². The maximum Gasteiger partial charge on any atom is 0.124 e. The lowest BCUT2D eigenvalue weighted by Gasteiger charge is -2.18. The van der Waals surface area contributed by atoms with Gasteiger partial charge in [-0.2, -0.15) is 0 Å². The number of benzene rings is 1. The molecule has 0 unspecified atom stereocenters. The molecule has 0 heterocycles. The zero-order valence-electron chi connectivity index (χ0n) is 10.5. The van der Waals surface area contributed by atoms with Crippen molar-refractivity contribution in [2.24, 2.45) is 0 Å². The van der Waals surface area contributed by atoms with E-state index in [1.165, 1.54) is 6.07 Å². The van der Waals surface area contributed by atoms with Crippen molar-refractivity contribution in [2.75, 3.05) is 6.61 Å². The first-order valence-electron chi connectivity index (χ1n) is 5.50. The summed E-state index contributed by atoms with van der Waals surface area (Å²) in [6.07, 6.45) is 0. The Morgan fingerprint density at radius 3 is 2.35 bits per heavy atom. The summed E-state index contributed by atoms with van der Waals surface area (Å²) >= 11 is 0. The van der Waals surface area contributed by atoms with Crippen molar-refractivity contribution in [3.8, 4) is 5.75 Å². The molecule has 0 saturated carbocycles. The molecule has 1 aromatic carbocycles. The van der Waals surface area contributed by atoms with Gasteiger partial charge in [0.05, 0.1) is 11.5 Å². The number of hydrogen-bond donors (Lipinski definition) is 0. The van der Waals surface area contributed by atoms with Crippen molar-refractivity contribution in [1.82, 2.24) is 0 Å². The van der Waals surface area contributed by atoms with Crippen LogP contribution in [0.4, 0.5) is 0 Å². The first-order chi connectivity index (χ1) is 7.77. The fourth-order valence-electron chi connectivity index (χ4n) is 1.66. The van der Waals surface area contributed by atoms with Gasteiger partial charge in [-0.3, -0.25) is 0 Å². The van der Waals surface area contributed by atoms with E-state index in [-0.39, 0.29) is 10.8 Å². The number of ether oxygens (including phenoxy) is 1. The Hall–Kier alpha value is -1.07. The highest BCUT2D eigenvalue weighted by Gasteiger charge is 2.15. The average Bonchev–Trinajstić information content (AvgIpc) is 2.19. The van der Waals surface area contributed by atoms with Gasteiger partial charge in [0, 0.05) is 0 Å². The van der Waals surface area contributed by atoms with Crippen molar-refractivity contribution >= 4 is 10.1 Å². The van der Waals surface area contributed by atoms with Gasteiger partial charge in [0.15, 0.2) is 0 Å². The molecule has 0 spiro atoms. The first kappa shape index (κ1) is 14.0. The van der Waals surface area contributed by atoms with E-state index in [1.54, 1.807) is 13.0 Å². The normalized spacial score (nSPS) is 11.9. The molecular weight excluding hydrogens is 240 g/mol. The van der Waals surface area contributed by atoms with Gasteiger partial charge < -0.3 is 9.29 Å². The quantitative estimate of drug-likeness (QED) is 0.777. The van der Waals surface area contributed by atoms with E-state index < -0.39 is 10.1 Å². The molecule has 1 rings (SSSR count). The summed E-state index contributed by atoms with van der Waals surface area (Å²) in [7, 11) is -4.44. The van der Waals surface area contributed by atoms with E-state index in [4.69, 9.17) is 4.74 Å². The molecule has 0 saturated heterocycles. The molecule has 96 valence electrons. The highest BCUT2D eigenvalue weighted by atomic mass is 32.2. The zero-order chi connectivity index (χ0) is 13.2. The van der Waals surface area contributed by atoms with E-state index >= 15 is 0 Å². The van der Waals surface area contributed by atoms with Crippen LogP contribution in [-0.2, 0) is 10.1 Å². The summed E-state index contributed by atoms with van der Waals surface area (Å²) in [4.78, 5) is -0.145. The van der Waals surface area contributed by atoms with Crippen LogP contribution >= 0.6 is 0 Å². The van der Waals surface area contributed by atoms with Crippen molar-refractivity contribution in [1.29, 1.82) is 0 Å². The third-order valence-corrected chi connectivity index (χ3v) is 3.39. The van der Waals surface area contributed by atoms with Crippen LogP contribution < -0.4 is 4.74 Å². The van der Waals surface area contributed by atoms with E-state index in [1.807, 2.05) is 20.8 Å². The Balaban J connectivity index is 3.47. The molecule has 0 aromatic heterocycles. The lowest BCUT2D eigenvalue weighted by molar-refractivity contribution is 0.337. The number of hydrogen-bond acceptors (Lipinski definition) is 4. The maximum atomic E-state index is 11.2. The van der Waals surface area contributed by atoms with Gasteiger partial charge >= 0.3 is 0 Å². The Morgan fingerprint density at radius 1 is 1.35 bits per heavy atom. The van der Waals surface area contributed by atoms with Gasteiger partial charge in [-0.1, -0.05) is 13.8 Å². The highest BCUT2D eigenvalue weighted by molar-refractivity contribution is 7.85. The van der Waals surface area contributed by atoms with Crippen molar-refractivity contribution in [3.63, 3.8) is 0 Å². The smallest absolute Gasteiger partial charge is 0.124 e. The minimum atomic E-state index is -4.44. The summed E-state index contributed by atoms with van der Waals surface area (Å²) in [5.74, 6) is 0.581. The fraction of sp³-hybridized carbons (Fsp3) is 0.500. The lowest BCUT2D eigenvalue weighted by Crippen LogP contribution is -2.07. The highest BCUT2D eigenvalue weighted by Crippen LogP contribution is 2.30. The van der Waals surface area contributed by atoms with Gasteiger partial charge in [-0.25, -0.2) is 8.42 Å². The van der Waals surface area contributed by atoms with Crippen LogP contribution in [0, 0.1) is 6.92 Å². The summed E-state index contributed by atoms with van der Waals surface area (Å²) in [6.45, 7) is 7.77. The number of rotatable bonds is 4. The topological polar surface area (TPSA) is 66.4 Å². The molecule has 0 aliphatic heterocycles. The van der Waals surface area contributed by atoms with Gasteiger partial charge in [-0.15, -0.1) is 0 Å². The van der Waals surface area contributed by atoms with Crippen molar-refractivity contribution < 1.29 is 17.7 Å². The first-order valence-corrected chi connectivity index (χ1v) is 6.91. The Labute approximate surface area is 102 Å². The van der Waals surface area contributed by atoms with Crippen LogP contribution in [0.1, 0.15) is 37.8 Å². The van der Waals surface area contributed by atoms with Gasteiger partial charge in [0.25, 0.3) is 0 Å². The molecule has 0 atom stereocenters. The predicted molar refractivity (Wildman–Crippen MR) is 64.4 cm³/mol. The molecular formula is C12H17O4S-. The van der Waals surface area contributed by atoms with E-state index in [9.17, 15) is 13.0 Å². The lowest BCUT2D eigenvalue weighted by atomic mass is 10.0. The molecule has 0 N–H and O–H groups in total. The fourth-order valence-corrected chi connectivity index (χ4v) is 2.56. The molecule has 0 aliphatic carbocycles. The molecule has 0 amide bonds. The van der Waals surface area contributed by atoms with Crippen LogP contribution in [0.25, 0.3) is 0 Å². The molecule has 5 heteroatoms. The van der Waals surface area contributed by atoms with E-state index in [0.29, 0.717) is 23.5 Å². The Bertz CT molecular complexity index is 503. The monoisotopic (exact) mass is 257 g/mol. The second kappa shape index (κ2) is 5.06. The SMILES string of the molecule is CCOc1cc(C(C)C)c(S(=O)(=O)[O-])cc1C. The van der Waals surface area contributed by atoms with Gasteiger partial charge in [0.2, 0.25) is 0 Å². The zero-order valence-corrected chi connectivity index (χ0v) is 11.3. The van der Waals surface area contributed by atoms with Gasteiger partial charge in [0.1, 0.15) is 15.9 Å². The molecule has 0 radical (unpaired) electrons. The van der Waals surface area contributed by atoms with Gasteiger partial charge in [-0.05, 0) is 43.0 Å². The van der Waals surface area contributed by atoms with E-state index in [0.717, 1.165) is 0 Å². The molecule has 0 bridgehead atoms. The second-order valence-electron chi connectivity index (χ2n) is 4.20. The maximum absolute atomic E-state index is 11.2. The molecule has 17 heavy (non-hydrogen) atoms. The molecule has 1 aromatic rings. The second-order valence-corrected chi connectivity index (χ2v) is 5.55. The Morgan fingerprint density at radius 2 is 1.94 bits per heavy atom. The third kappa shape index (κ3) is 3.20. The van der Waals surface area contributed by atoms with Crippen molar-refractivity contribution in [3.05, 3.63) is 23.3 Å². The third-order valence-electron chi connectivity index (χ3n) is 2.50. The summed E-state index contributed by atoms with van der Waals surface area (Å²) < 4.78 is 38.9. The Kier molecular flexibility index (Phi) is 4.16. The van der Waals surface area contributed by atoms with Crippen LogP contribution in [0.15, 0.2) is 17.0 Å². The summed E-state index contributed by atoms with van der Waals surface area (Å²) in [5, 5.41) is 0. The minimum Gasteiger partial charge on any atom is -0.744 e.